The number of hydroxylamine groups is 1. The van der Waals surface area contributed by atoms with E-state index in [2.05, 4.69) is 27.5 Å². The monoisotopic (exact) mass is 397 g/mol. The van der Waals surface area contributed by atoms with Crippen LogP contribution >= 0.6 is 12.4 Å². The average molecular weight is 398 g/mol. The molecule has 2 atom stereocenters. The zero-order chi connectivity index (χ0) is 18.9. The molecule has 27 heavy (non-hydrogen) atoms. The van der Waals surface area contributed by atoms with Gasteiger partial charge in [-0.2, -0.15) is 0 Å². The smallest absolute Gasteiger partial charge is 0.267 e. The number of nitrogens with zero attached hydrogens (tertiary/aromatic N) is 2. The summed E-state index contributed by atoms with van der Waals surface area (Å²) in [6.07, 6.45) is 11.7. The fourth-order valence-electron chi connectivity index (χ4n) is 3.09. The molecule has 0 spiro atoms. The summed E-state index contributed by atoms with van der Waals surface area (Å²) in [6, 6.07) is -0.264. The van der Waals surface area contributed by atoms with Crippen LogP contribution in [0.4, 0.5) is 5.82 Å². The first-order valence-corrected chi connectivity index (χ1v) is 9.00. The van der Waals surface area contributed by atoms with Crippen molar-refractivity contribution in [3.8, 4) is 0 Å². The number of carbonyl (C=O) groups is 2. The molecule has 1 heterocycles. The standard InChI is InChI=1S/C18H27N5O3.ClH/c1-12(14-6-4-3-5-7-14)22-18(25)13(2)21-16-11-19-15(10-20-16)8-9-17(24)23-26;/h8-14,26H,3-7H2,1-2H3,(H,20,21)(H,22,25)(H,23,24);1H/b9-8+;/t12-,13+;/m0./s1. The van der Waals surface area contributed by atoms with E-state index < -0.39 is 11.9 Å². The Morgan fingerprint density at radius 2 is 1.89 bits per heavy atom. The number of aromatic nitrogens is 2. The normalized spacial score (nSPS) is 16.9. The van der Waals surface area contributed by atoms with Crippen LogP contribution in [0.2, 0.25) is 0 Å². The van der Waals surface area contributed by atoms with E-state index in [9.17, 15) is 9.59 Å². The molecule has 0 bridgehead atoms. The molecule has 4 N–H and O–H groups in total. The molecule has 0 aromatic carbocycles. The van der Waals surface area contributed by atoms with Crippen LogP contribution in [0.5, 0.6) is 0 Å². The van der Waals surface area contributed by atoms with Crippen LogP contribution in [0.3, 0.4) is 0 Å². The maximum Gasteiger partial charge on any atom is 0.267 e. The molecule has 2 rings (SSSR count). The zero-order valence-electron chi connectivity index (χ0n) is 15.6. The van der Waals surface area contributed by atoms with Crippen molar-refractivity contribution in [3.63, 3.8) is 0 Å². The summed E-state index contributed by atoms with van der Waals surface area (Å²) in [5, 5.41) is 14.5. The molecule has 1 saturated carbocycles. The summed E-state index contributed by atoms with van der Waals surface area (Å²) in [5.41, 5.74) is 1.95. The number of anilines is 1. The van der Waals surface area contributed by atoms with Crippen LogP contribution in [0.1, 0.15) is 51.6 Å². The van der Waals surface area contributed by atoms with Gasteiger partial charge in [-0.3, -0.25) is 19.8 Å². The molecule has 0 saturated heterocycles. The van der Waals surface area contributed by atoms with Gasteiger partial charge < -0.3 is 10.6 Å². The number of amides is 2. The number of rotatable bonds is 7. The predicted octanol–water partition coefficient (Wildman–Crippen LogP) is 2.30. The molecule has 0 aliphatic heterocycles. The molecular formula is C18H28ClN5O3. The molecule has 0 unspecified atom stereocenters. The Morgan fingerprint density at radius 1 is 1.19 bits per heavy atom. The summed E-state index contributed by atoms with van der Waals surface area (Å²) < 4.78 is 0. The van der Waals surface area contributed by atoms with E-state index in [4.69, 9.17) is 5.21 Å². The van der Waals surface area contributed by atoms with Crippen molar-refractivity contribution in [2.24, 2.45) is 5.92 Å². The van der Waals surface area contributed by atoms with Crippen molar-refractivity contribution < 1.29 is 14.8 Å². The SMILES string of the molecule is C[C@H](NC(=O)[C@@H](C)Nc1cnc(/C=C/C(=O)NO)cn1)C1CCCCC1.Cl. The highest BCUT2D eigenvalue weighted by atomic mass is 35.5. The number of carbonyl (C=O) groups excluding carboxylic acids is 2. The van der Waals surface area contributed by atoms with Gasteiger partial charge in [-0.1, -0.05) is 19.3 Å². The summed E-state index contributed by atoms with van der Waals surface area (Å²) in [6.45, 7) is 3.86. The van der Waals surface area contributed by atoms with Crippen molar-refractivity contribution in [2.45, 2.75) is 58.0 Å². The van der Waals surface area contributed by atoms with Crippen molar-refractivity contribution in [3.05, 3.63) is 24.2 Å². The van der Waals surface area contributed by atoms with Gasteiger partial charge in [-0.15, -0.1) is 12.4 Å². The summed E-state index contributed by atoms with van der Waals surface area (Å²) in [5.74, 6) is 0.323. The van der Waals surface area contributed by atoms with Gasteiger partial charge >= 0.3 is 0 Å². The fourth-order valence-corrected chi connectivity index (χ4v) is 3.09. The highest BCUT2D eigenvalue weighted by Crippen LogP contribution is 2.26. The van der Waals surface area contributed by atoms with Crippen LogP contribution in [0.15, 0.2) is 18.5 Å². The molecule has 1 fully saturated rings. The Bertz CT molecular complexity index is 632. The molecule has 2 amide bonds. The van der Waals surface area contributed by atoms with Gasteiger partial charge in [-0.25, -0.2) is 10.5 Å². The van der Waals surface area contributed by atoms with Gasteiger partial charge in [0, 0.05) is 12.1 Å². The molecule has 1 aliphatic carbocycles. The second-order valence-corrected chi connectivity index (χ2v) is 6.70. The molecule has 0 radical (unpaired) electrons. The number of nitrogens with one attached hydrogen (secondary N) is 3. The third-order valence-corrected chi connectivity index (χ3v) is 4.67. The summed E-state index contributed by atoms with van der Waals surface area (Å²) in [4.78, 5) is 31.6. The molecule has 1 aromatic heterocycles. The number of hydrogen-bond acceptors (Lipinski definition) is 6. The molecule has 8 nitrogen and oxygen atoms in total. The summed E-state index contributed by atoms with van der Waals surface area (Å²) >= 11 is 0. The van der Waals surface area contributed by atoms with Gasteiger partial charge in [0.1, 0.15) is 11.9 Å². The number of halogens is 1. The Hall–Kier alpha value is -2.19. The summed E-state index contributed by atoms with van der Waals surface area (Å²) in [7, 11) is 0. The van der Waals surface area contributed by atoms with Gasteiger partial charge in [0.2, 0.25) is 5.91 Å². The Morgan fingerprint density at radius 3 is 2.48 bits per heavy atom. The van der Waals surface area contributed by atoms with E-state index in [1.165, 1.54) is 56.1 Å². The highest BCUT2D eigenvalue weighted by Gasteiger charge is 2.23. The van der Waals surface area contributed by atoms with Gasteiger partial charge in [-0.05, 0) is 38.7 Å². The largest absolute Gasteiger partial charge is 0.357 e. The highest BCUT2D eigenvalue weighted by molar-refractivity contribution is 5.90. The lowest BCUT2D eigenvalue weighted by molar-refractivity contribution is -0.124. The topological polar surface area (TPSA) is 116 Å². The Balaban J connectivity index is 0.00000364. The van der Waals surface area contributed by atoms with E-state index in [1.807, 2.05) is 0 Å². The van der Waals surface area contributed by atoms with Crippen molar-refractivity contribution in [2.75, 3.05) is 5.32 Å². The second kappa shape index (κ2) is 11.5. The number of hydrogen-bond donors (Lipinski definition) is 4. The maximum absolute atomic E-state index is 12.4. The van der Waals surface area contributed by atoms with Crippen LogP contribution in [-0.4, -0.2) is 39.1 Å². The minimum Gasteiger partial charge on any atom is -0.357 e. The van der Waals surface area contributed by atoms with Crippen molar-refractivity contribution in [1.29, 1.82) is 0 Å². The molecule has 1 aliphatic rings. The molecule has 1 aromatic rings. The van der Waals surface area contributed by atoms with E-state index in [1.54, 1.807) is 6.92 Å². The van der Waals surface area contributed by atoms with E-state index in [0.29, 0.717) is 17.4 Å². The van der Waals surface area contributed by atoms with Gasteiger partial charge in [0.25, 0.3) is 5.91 Å². The zero-order valence-corrected chi connectivity index (χ0v) is 16.5. The second-order valence-electron chi connectivity index (χ2n) is 6.70. The average Bonchev–Trinajstić information content (AvgIpc) is 2.67. The van der Waals surface area contributed by atoms with Crippen molar-refractivity contribution >= 4 is 36.1 Å². The Kier molecular flexibility index (Phi) is 9.74. The van der Waals surface area contributed by atoms with Gasteiger partial charge in [0.05, 0.1) is 18.1 Å². The van der Waals surface area contributed by atoms with E-state index in [-0.39, 0.29) is 24.4 Å². The van der Waals surface area contributed by atoms with Gasteiger partial charge in [0.15, 0.2) is 0 Å². The predicted molar refractivity (Wildman–Crippen MR) is 106 cm³/mol. The molecular weight excluding hydrogens is 370 g/mol. The molecule has 150 valence electrons. The third-order valence-electron chi connectivity index (χ3n) is 4.67. The molecule has 9 heteroatoms. The van der Waals surface area contributed by atoms with E-state index in [0.717, 1.165) is 6.08 Å². The van der Waals surface area contributed by atoms with Crippen LogP contribution in [0, 0.1) is 5.92 Å². The van der Waals surface area contributed by atoms with Crippen LogP contribution in [-0.2, 0) is 9.59 Å². The minimum absolute atomic E-state index is 0. The quantitative estimate of drug-likeness (QED) is 0.318. The first-order valence-electron chi connectivity index (χ1n) is 9.00. The minimum atomic E-state index is -0.647. The Labute approximate surface area is 165 Å². The lowest BCUT2D eigenvalue weighted by Gasteiger charge is -2.29. The lowest BCUT2D eigenvalue weighted by atomic mass is 9.84. The first-order chi connectivity index (χ1) is 12.5. The third kappa shape index (κ3) is 7.52. The lowest BCUT2D eigenvalue weighted by Crippen LogP contribution is -2.45. The van der Waals surface area contributed by atoms with Crippen LogP contribution < -0.4 is 16.1 Å². The van der Waals surface area contributed by atoms with Crippen molar-refractivity contribution in [1.82, 2.24) is 20.8 Å². The van der Waals surface area contributed by atoms with Crippen LogP contribution in [0.25, 0.3) is 6.08 Å². The maximum atomic E-state index is 12.4. The van der Waals surface area contributed by atoms with E-state index >= 15 is 0 Å². The fraction of sp³-hybridized carbons (Fsp3) is 0.556. The first kappa shape index (κ1) is 22.9.